The van der Waals surface area contributed by atoms with E-state index in [0.29, 0.717) is 17.6 Å². The summed E-state index contributed by atoms with van der Waals surface area (Å²) < 4.78 is 0. The van der Waals surface area contributed by atoms with Gasteiger partial charge in [0.15, 0.2) is 0 Å². The van der Waals surface area contributed by atoms with Crippen molar-refractivity contribution in [2.75, 3.05) is 6.54 Å². The molecule has 2 heteroatoms. The fourth-order valence-corrected chi connectivity index (χ4v) is 4.06. The highest BCUT2D eigenvalue weighted by Gasteiger charge is 2.37. The van der Waals surface area contributed by atoms with Crippen LogP contribution in [0.25, 0.3) is 0 Å². The third kappa shape index (κ3) is 3.48. The summed E-state index contributed by atoms with van der Waals surface area (Å²) in [4.78, 5) is 6.16. The fourth-order valence-electron chi connectivity index (χ4n) is 4.06. The molecule has 2 unspecified atom stereocenters. The van der Waals surface area contributed by atoms with Crippen molar-refractivity contribution in [2.24, 2.45) is 11.3 Å². The summed E-state index contributed by atoms with van der Waals surface area (Å²) in [5.41, 5.74) is 0.403. The Morgan fingerprint density at radius 1 is 1.22 bits per heavy atom. The van der Waals surface area contributed by atoms with Gasteiger partial charge in [-0.15, -0.1) is 0 Å². The minimum absolute atomic E-state index is 0.381. The first-order chi connectivity index (χ1) is 8.52. The van der Waals surface area contributed by atoms with Crippen LogP contribution in [-0.2, 0) is 4.84 Å². The topological polar surface area (TPSA) is 12.5 Å². The molecule has 18 heavy (non-hydrogen) atoms. The molecule has 106 valence electrons. The van der Waals surface area contributed by atoms with E-state index in [1.807, 2.05) is 0 Å². The minimum atomic E-state index is 0.381. The van der Waals surface area contributed by atoms with Crippen molar-refractivity contribution >= 4 is 0 Å². The Bertz CT molecular complexity index is 258. The first kappa shape index (κ1) is 14.3. The normalized spacial score (nSPS) is 32.3. The molecule has 0 amide bonds. The lowest BCUT2D eigenvalue weighted by atomic mass is 9.80. The van der Waals surface area contributed by atoms with Gasteiger partial charge in [-0.3, -0.25) is 4.84 Å². The number of hydrogen-bond acceptors (Lipinski definition) is 2. The van der Waals surface area contributed by atoms with Crippen molar-refractivity contribution in [2.45, 2.75) is 84.8 Å². The molecule has 1 aliphatic carbocycles. The smallest absolute Gasteiger partial charge is 0.0770 e. The predicted octanol–water partition coefficient (Wildman–Crippen LogP) is 4.40. The first-order valence-electron chi connectivity index (χ1n) is 7.95. The Kier molecular flexibility index (Phi) is 4.71. The van der Waals surface area contributed by atoms with Crippen LogP contribution >= 0.6 is 0 Å². The Hall–Kier alpha value is -0.0800. The summed E-state index contributed by atoms with van der Waals surface area (Å²) in [7, 11) is 0. The van der Waals surface area contributed by atoms with Crippen LogP contribution in [0, 0.1) is 11.3 Å². The van der Waals surface area contributed by atoms with Crippen LogP contribution in [0.15, 0.2) is 0 Å². The summed E-state index contributed by atoms with van der Waals surface area (Å²) in [6.07, 6.45) is 9.90. The maximum absolute atomic E-state index is 6.16. The number of nitrogens with zero attached hydrogens (tertiary/aromatic N) is 1. The minimum Gasteiger partial charge on any atom is -0.296 e. The summed E-state index contributed by atoms with van der Waals surface area (Å²) in [6.45, 7) is 10.4. The number of hydrogen-bond donors (Lipinski definition) is 0. The Balaban J connectivity index is 2.01. The molecular weight excluding hydrogens is 222 g/mol. The van der Waals surface area contributed by atoms with Crippen LogP contribution in [-0.4, -0.2) is 23.8 Å². The van der Waals surface area contributed by atoms with Crippen LogP contribution in [0.1, 0.15) is 72.6 Å². The maximum Gasteiger partial charge on any atom is 0.0770 e. The zero-order valence-corrected chi connectivity index (χ0v) is 12.7. The zero-order chi connectivity index (χ0) is 13.2. The van der Waals surface area contributed by atoms with Gasteiger partial charge >= 0.3 is 0 Å². The molecule has 0 bridgehead atoms. The fraction of sp³-hybridized carbons (Fsp3) is 1.00. The second-order valence-corrected chi connectivity index (χ2v) is 7.23. The van der Waals surface area contributed by atoms with Gasteiger partial charge in [-0.1, -0.05) is 40.0 Å². The molecule has 0 aromatic rings. The lowest BCUT2D eigenvalue weighted by Crippen LogP contribution is -2.51. The van der Waals surface area contributed by atoms with Gasteiger partial charge in [0.25, 0.3) is 0 Å². The molecule has 0 radical (unpaired) electrons. The van der Waals surface area contributed by atoms with E-state index in [9.17, 15) is 0 Å². The monoisotopic (exact) mass is 253 g/mol. The van der Waals surface area contributed by atoms with E-state index in [4.69, 9.17) is 4.84 Å². The molecule has 0 aromatic heterocycles. The Morgan fingerprint density at radius 3 is 2.44 bits per heavy atom. The molecule has 1 aliphatic heterocycles. The van der Waals surface area contributed by atoms with Crippen molar-refractivity contribution < 1.29 is 4.84 Å². The highest BCUT2D eigenvalue weighted by atomic mass is 16.7. The van der Waals surface area contributed by atoms with Gasteiger partial charge in [0.05, 0.1) is 6.10 Å². The van der Waals surface area contributed by atoms with E-state index in [0.717, 1.165) is 12.5 Å². The van der Waals surface area contributed by atoms with Gasteiger partial charge in [-0.2, -0.15) is 5.06 Å². The van der Waals surface area contributed by atoms with Crippen molar-refractivity contribution in [1.29, 1.82) is 0 Å². The molecule has 2 aliphatic rings. The van der Waals surface area contributed by atoms with Crippen LogP contribution < -0.4 is 0 Å². The number of hydroxylamine groups is 2. The second kappa shape index (κ2) is 5.92. The van der Waals surface area contributed by atoms with Crippen LogP contribution in [0.4, 0.5) is 0 Å². The third-order valence-electron chi connectivity index (χ3n) is 4.72. The molecule has 1 heterocycles. The van der Waals surface area contributed by atoms with Crippen molar-refractivity contribution in [3.63, 3.8) is 0 Å². The number of rotatable bonds is 3. The van der Waals surface area contributed by atoms with Crippen molar-refractivity contribution in [3.8, 4) is 0 Å². The van der Waals surface area contributed by atoms with Crippen molar-refractivity contribution in [1.82, 2.24) is 5.06 Å². The van der Waals surface area contributed by atoms with E-state index in [2.05, 4.69) is 32.8 Å². The van der Waals surface area contributed by atoms with Crippen molar-refractivity contribution in [3.05, 3.63) is 0 Å². The van der Waals surface area contributed by atoms with Gasteiger partial charge in [-0.05, 0) is 43.9 Å². The Labute approximate surface area is 113 Å². The van der Waals surface area contributed by atoms with Gasteiger partial charge < -0.3 is 0 Å². The molecule has 2 fully saturated rings. The molecular formula is C16H31NO. The average Bonchev–Trinajstić information content (AvgIpc) is 2.28. The summed E-state index contributed by atoms with van der Waals surface area (Å²) in [5, 5.41) is 2.35. The van der Waals surface area contributed by atoms with E-state index in [1.54, 1.807) is 0 Å². The maximum atomic E-state index is 6.16. The second-order valence-electron chi connectivity index (χ2n) is 7.23. The highest BCUT2D eigenvalue weighted by Crippen LogP contribution is 2.36. The molecule has 0 aromatic carbocycles. The summed E-state index contributed by atoms with van der Waals surface area (Å²) >= 11 is 0. The van der Waals surface area contributed by atoms with Crippen LogP contribution in [0.3, 0.4) is 0 Å². The largest absolute Gasteiger partial charge is 0.296 e. The molecule has 0 spiro atoms. The molecule has 1 saturated carbocycles. The first-order valence-corrected chi connectivity index (χ1v) is 7.95. The van der Waals surface area contributed by atoms with Crippen LogP contribution in [0.5, 0.6) is 0 Å². The van der Waals surface area contributed by atoms with Gasteiger partial charge in [-0.25, -0.2) is 0 Å². The van der Waals surface area contributed by atoms with E-state index >= 15 is 0 Å². The Morgan fingerprint density at radius 2 is 1.89 bits per heavy atom. The van der Waals surface area contributed by atoms with Crippen LogP contribution in [0.2, 0.25) is 0 Å². The SMILES string of the molecule is CCC(C1CCCCC1)N1CC(C)(C)CC(C)O1. The average molecular weight is 253 g/mol. The summed E-state index contributed by atoms with van der Waals surface area (Å²) in [5.74, 6) is 0.866. The zero-order valence-electron chi connectivity index (χ0n) is 12.7. The molecule has 0 N–H and O–H groups in total. The highest BCUT2D eigenvalue weighted by molar-refractivity contribution is 4.84. The lowest BCUT2D eigenvalue weighted by Gasteiger charge is -2.46. The van der Waals surface area contributed by atoms with Gasteiger partial charge in [0, 0.05) is 12.6 Å². The quantitative estimate of drug-likeness (QED) is 0.739. The van der Waals surface area contributed by atoms with E-state index in [-0.39, 0.29) is 0 Å². The van der Waals surface area contributed by atoms with E-state index in [1.165, 1.54) is 44.9 Å². The third-order valence-corrected chi connectivity index (χ3v) is 4.72. The molecule has 2 atom stereocenters. The summed E-state index contributed by atoms with van der Waals surface area (Å²) in [6, 6.07) is 0.646. The predicted molar refractivity (Wildman–Crippen MR) is 76.3 cm³/mol. The standard InChI is InChI=1S/C16H31NO/c1-5-15(14-9-7-6-8-10-14)17-12-16(3,4)11-13(2)18-17/h13-15H,5-12H2,1-4H3. The molecule has 2 nitrogen and oxygen atoms in total. The van der Waals surface area contributed by atoms with Gasteiger partial charge in [0.2, 0.25) is 0 Å². The van der Waals surface area contributed by atoms with E-state index < -0.39 is 0 Å². The lowest BCUT2D eigenvalue weighted by molar-refractivity contribution is -0.272. The molecule has 2 rings (SSSR count). The molecule has 1 saturated heterocycles. The van der Waals surface area contributed by atoms with Gasteiger partial charge in [0.1, 0.15) is 0 Å².